The Labute approximate surface area is 128 Å². The van der Waals surface area contributed by atoms with Gasteiger partial charge in [-0.15, -0.1) is 0 Å². The van der Waals surface area contributed by atoms with Gasteiger partial charge in [0.15, 0.2) is 0 Å². The third kappa shape index (κ3) is 3.68. The Morgan fingerprint density at radius 3 is 2.52 bits per heavy atom. The van der Waals surface area contributed by atoms with Gasteiger partial charge in [0.25, 0.3) is 0 Å². The van der Waals surface area contributed by atoms with Crippen molar-refractivity contribution in [1.29, 1.82) is 0 Å². The molecule has 0 amide bonds. The Bertz CT molecular complexity index is 359. The van der Waals surface area contributed by atoms with Gasteiger partial charge in [0.1, 0.15) is 5.78 Å². The van der Waals surface area contributed by atoms with Crippen LogP contribution in [0.15, 0.2) is 0 Å². The first kappa shape index (κ1) is 15.5. The molecule has 0 aromatic carbocycles. The van der Waals surface area contributed by atoms with Gasteiger partial charge in [-0.2, -0.15) is 0 Å². The zero-order valence-corrected chi connectivity index (χ0v) is 13.6. The zero-order valence-electron chi connectivity index (χ0n) is 13.6. The Morgan fingerprint density at radius 1 is 1.05 bits per heavy atom. The number of carbonyl (C=O) groups is 1. The van der Waals surface area contributed by atoms with E-state index in [1.54, 1.807) is 0 Å². The van der Waals surface area contributed by atoms with Crippen molar-refractivity contribution in [3.63, 3.8) is 0 Å². The third-order valence-electron chi connectivity index (χ3n) is 5.55. The second-order valence-corrected chi connectivity index (χ2v) is 7.51. The summed E-state index contributed by atoms with van der Waals surface area (Å²) in [6, 6.07) is 0. The summed E-state index contributed by atoms with van der Waals surface area (Å²) in [4.78, 5) is 12.5. The molecule has 1 heterocycles. The quantitative estimate of drug-likeness (QED) is 0.792. The summed E-state index contributed by atoms with van der Waals surface area (Å²) in [5, 5.41) is 0. The molecular weight excluding hydrogens is 264 g/mol. The van der Waals surface area contributed by atoms with Gasteiger partial charge in [-0.3, -0.25) is 4.79 Å². The molecule has 2 saturated carbocycles. The van der Waals surface area contributed by atoms with Crippen LogP contribution in [-0.2, 0) is 14.3 Å². The maximum atomic E-state index is 12.5. The lowest BCUT2D eigenvalue weighted by Crippen LogP contribution is -2.49. The Hall–Kier alpha value is -0.410. The molecule has 3 rings (SSSR count). The number of ketones is 1. The van der Waals surface area contributed by atoms with Gasteiger partial charge in [0, 0.05) is 18.8 Å². The first-order valence-corrected chi connectivity index (χ1v) is 8.97. The molecule has 0 radical (unpaired) electrons. The van der Waals surface area contributed by atoms with E-state index in [-0.39, 0.29) is 30.3 Å². The van der Waals surface area contributed by atoms with Gasteiger partial charge in [0.05, 0.1) is 24.4 Å². The van der Waals surface area contributed by atoms with E-state index in [1.165, 1.54) is 32.1 Å². The monoisotopic (exact) mass is 294 g/mol. The van der Waals surface area contributed by atoms with E-state index in [4.69, 9.17) is 9.47 Å². The van der Waals surface area contributed by atoms with Crippen LogP contribution in [0, 0.1) is 11.8 Å². The topological polar surface area (TPSA) is 35.5 Å². The number of Topliss-reactive ketones (excluding diaryl/α,β-unsaturated/α-hetero) is 1. The van der Waals surface area contributed by atoms with Gasteiger partial charge in [-0.25, -0.2) is 0 Å². The predicted molar refractivity (Wildman–Crippen MR) is 82.2 cm³/mol. The van der Waals surface area contributed by atoms with E-state index in [1.807, 2.05) is 0 Å². The smallest absolute Gasteiger partial charge is 0.141 e. The molecule has 3 aliphatic rings. The molecule has 0 N–H and O–H groups in total. The Balaban J connectivity index is 1.61. The minimum atomic E-state index is 0.121. The van der Waals surface area contributed by atoms with Crippen LogP contribution in [-0.4, -0.2) is 30.2 Å². The Kier molecular flexibility index (Phi) is 5.00. The highest BCUT2D eigenvalue weighted by molar-refractivity contribution is 5.82. The molecule has 1 saturated heterocycles. The van der Waals surface area contributed by atoms with E-state index < -0.39 is 0 Å². The lowest BCUT2D eigenvalue weighted by molar-refractivity contribution is -0.169. The van der Waals surface area contributed by atoms with Crippen LogP contribution in [0.3, 0.4) is 0 Å². The minimum Gasteiger partial charge on any atom is -0.375 e. The fraction of sp³-hybridized carbons (Fsp3) is 0.944. The van der Waals surface area contributed by atoms with Crippen molar-refractivity contribution in [3.8, 4) is 0 Å². The summed E-state index contributed by atoms with van der Waals surface area (Å²) in [6.45, 7) is 4.17. The number of hydrogen-bond acceptors (Lipinski definition) is 3. The molecule has 3 nitrogen and oxygen atoms in total. The second kappa shape index (κ2) is 6.78. The number of rotatable bonds is 3. The summed E-state index contributed by atoms with van der Waals surface area (Å²) >= 11 is 0. The molecule has 0 aromatic rings. The highest BCUT2D eigenvalue weighted by atomic mass is 16.5. The van der Waals surface area contributed by atoms with Crippen LogP contribution in [0.5, 0.6) is 0 Å². The molecule has 0 spiro atoms. The molecule has 3 heteroatoms. The molecule has 4 atom stereocenters. The van der Waals surface area contributed by atoms with E-state index in [0.717, 1.165) is 19.3 Å². The van der Waals surface area contributed by atoms with Gasteiger partial charge in [-0.05, 0) is 45.4 Å². The molecule has 0 aromatic heterocycles. The van der Waals surface area contributed by atoms with E-state index in [2.05, 4.69) is 13.8 Å². The average Bonchev–Trinajstić information content (AvgIpc) is 2.47. The zero-order chi connectivity index (χ0) is 14.8. The van der Waals surface area contributed by atoms with Gasteiger partial charge >= 0.3 is 0 Å². The van der Waals surface area contributed by atoms with Crippen molar-refractivity contribution in [1.82, 2.24) is 0 Å². The van der Waals surface area contributed by atoms with Crippen LogP contribution in [0.2, 0.25) is 0 Å². The minimum absolute atomic E-state index is 0.121. The van der Waals surface area contributed by atoms with Crippen LogP contribution < -0.4 is 0 Å². The second-order valence-electron chi connectivity index (χ2n) is 7.51. The summed E-state index contributed by atoms with van der Waals surface area (Å²) in [5.41, 5.74) is 0. The largest absolute Gasteiger partial charge is 0.375 e. The number of carbonyl (C=O) groups excluding carboxylic acids is 1. The molecule has 2 aliphatic carbocycles. The van der Waals surface area contributed by atoms with Crippen LogP contribution >= 0.6 is 0 Å². The summed E-state index contributed by atoms with van der Waals surface area (Å²) in [5.74, 6) is 1.23. The van der Waals surface area contributed by atoms with E-state index in [0.29, 0.717) is 18.1 Å². The van der Waals surface area contributed by atoms with Gasteiger partial charge in [0.2, 0.25) is 0 Å². The van der Waals surface area contributed by atoms with E-state index in [9.17, 15) is 4.79 Å². The number of fused-ring (bicyclic) bond motifs is 1. The highest BCUT2D eigenvalue weighted by Gasteiger charge is 2.43. The summed E-state index contributed by atoms with van der Waals surface area (Å²) < 4.78 is 12.4. The van der Waals surface area contributed by atoms with Crippen molar-refractivity contribution >= 4 is 5.78 Å². The van der Waals surface area contributed by atoms with Crippen LogP contribution in [0.25, 0.3) is 0 Å². The third-order valence-corrected chi connectivity index (χ3v) is 5.55. The van der Waals surface area contributed by atoms with E-state index >= 15 is 0 Å². The fourth-order valence-corrected chi connectivity index (χ4v) is 4.53. The maximum Gasteiger partial charge on any atom is 0.141 e. The Morgan fingerprint density at radius 2 is 1.81 bits per heavy atom. The lowest BCUT2D eigenvalue weighted by Gasteiger charge is -2.44. The standard InChI is InChI=1S/C18H30O3/c1-12(2)20-14-8-9-15-16(19)11-17(21-18(15)10-14)13-6-4-3-5-7-13/h12-15,17-18H,3-11H2,1-2H3. The average molecular weight is 294 g/mol. The molecule has 1 aliphatic heterocycles. The molecule has 4 unspecified atom stereocenters. The van der Waals surface area contributed by atoms with Gasteiger partial charge < -0.3 is 9.47 Å². The molecule has 3 fully saturated rings. The van der Waals surface area contributed by atoms with Crippen LogP contribution in [0.1, 0.15) is 71.6 Å². The summed E-state index contributed by atoms with van der Waals surface area (Å²) in [7, 11) is 0. The van der Waals surface area contributed by atoms with Crippen LogP contribution in [0.4, 0.5) is 0 Å². The fourth-order valence-electron chi connectivity index (χ4n) is 4.53. The highest BCUT2D eigenvalue weighted by Crippen LogP contribution is 2.40. The maximum absolute atomic E-state index is 12.5. The van der Waals surface area contributed by atoms with Gasteiger partial charge in [-0.1, -0.05) is 19.3 Å². The molecular formula is C18H30O3. The van der Waals surface area contributed by atoms with Crippen molar-refractivity contribution in [3.05, 3.63) is 0 Å². The molecule has 120 valence electrons. The van der Waals surface area contributed by atoms with Crippen molar-refractivity contribution in [2.75, 3.05) is 0 Å². The van der Waals surface area contributed by atoms with Crippen molar-refractivity contribution < 1.29 is 14.3 Å². The predicted octanol–water partition coefficient (Wildman–Crippen LogP) is 3.89. The normalized spacial score (nSPS) is 38.5. The van der Waals surface area contributed by atoms with Crippen molar-refractivity contribution in [2.24, 2.45) is 11.8 Å². The first-order chi connectivity index (χ1) is 10.1. The number of ether oxygens (including phenoxy) is 2. The summed E-state index contributed by atoms with van der Waals surface area (Å²) in [6.07, 6.45) is 10.9. The van der Waals surface area contributed by atoms with Crippen molar-refractivity contribution in [2.45, 2.75) is 96.1 Å². The first-order valence-electron chi connectivity index (χ1n) is 8.97. The SMILES string of the molecule is CC(C)OC1CCC2C(=O)CC(C3CCCCC3)OC2C1. The number of hydrogen-bond donors (Lipinski definition) is 0. The molecule has 0 bridgehead atoms. The molecule has 21 heavy (non-hydrogen) atoms. The lowest BCUT2D eigenvalue weighted by atomic mass is 9.75.